The average molecular weight is 425 g/mol. The summed E-state index contributed by atoms with van der Waals surface area (Å²) >= 11 is 0. The van der Waals surface area contributed by atoms with E-state index >= 15 is 0 Å². The van der Waals surface area contributed by atoms with Gasteiger partial charge in [0.05, 0.1) is 12.2 Å². The standard InChI is InChI=1S/C24H40O6/c1-7-8-17(26)30-23(5)12-11-16(25)24(6,28)21(27)20-18-14(4)9-10-15(13(2)3)19(18)22(23)29-20/h13,15-16,18-22,25,27-28H,4,7-12H2,1-3,5-6H3/t15-,16+,18+,19-,20-,21+,22+,23-,24-/m1/s1. The van der Waals surface area contributed by atoms with Crippen LogP contribution in [0.2, 0.25) is 0 Å². The van der Waals surface area contributed by atoms with E-state index < -0.39 is 35.6 Å². The molecule has 1 saturated carbocycles. The van der Waals surface area contributed by atoms with Crippen LogP contribution in [0.25, 0.3) is 0 Å². The number of hydrogen-bond acceptors (Lipinski definition) is 6. The van der Waals surface area contributed by atoms with Crippen molar-refractivity contribution in [3.05, 3.63) is 12.2 Å². The molecule has 30 heavy (non-hydrogen) atoms. The van der Waals surface area contributed by atoms with E-state index in [9.17, 15) is 20.1 Å². The maximum absolute atomic E-state index is 12.5. The third-order valence-corrected chi connectivity index (χ3v) is 7.94. The maximum atomic E-state index is 12.5. The fraction of sp³-hybridized carbons (Fsp3) is 0.875. The van der Waals surface area contributed by atoms with Crippen molar-refractivity contribution in [2.45, 2.75) is 109 Å². The molecule has 0 aromatic heterocycles. The molecule has 0 radical (unpaired) electrons. The molecule has 6 heteroatoms. The van der Waals surface area contributed by atoms with Crippen molar-refractivity contribution in [1.82, 2.24) is 0 Å². The van der Waals surface area contributed by atoms with Crippen molar-refractivity contribution in [2.75, 3.05) is 0 Å². The topological polar surface area (TPSA) is 96.2 Å². The van der Waals surface area contributed by atoms with E-state index in [-0.39, 0.29) is 24.2 Å². The van der Waals surface area contributed by atoms with Crippen molar-refractivity contribution in [3.8, 4) is 0 Å². The monoisotopic (exact) mass is 424 g/mol. The Morgan fingerprint density at radius 1 is 1.30 bits per heavy atom. The van der Waals surface area contributed by atoms with Gasteiger partial charge in [-0.15, -0.1) is 0 Å². The number of fused-ring (bicyclic) bond motifs is 5. The number of carbonyl (C=O) groups excluding carboxylic acids is 1. The normalized spacial score (nSPS) is 46.7. The third-order valence-electron chi connectivity index (χ3n) is 7.94. The van der Waals surface area contributed by atoms with Gasteiger partial charge in [-0.2, -0.15) is 0 Å². The number of aliphatic hydroxyl groups is 3. The highest BCUT2D eigenvalue weighted by molar-refractivity contribution is 5.69. The number of carbonyl (C=O) groups is 1. The van der Waals surface area contributed by atoms with Gasteiger partial charge < -0.3 is 24.8 Å². The highest BCUT2D eigenvalue weighted by Gasteiger charge is 2.62. The van der Waals surface area contributed by atoms with Crippen molar-refractivity contribution < 1.29 is 29.6 Å². The lowest BCUT2D eigenvalue weighted by Crippen LogP contribution is -2.57. The summed E-state index contributed by atoms with van der Waals surface area (Å²) in [6, 6.07) is 0. The van der Waals surface area contributed by atoms with Crippen LogP contribution in [0.1, 0.15) is 73.1 Å². The highest BCUT2D eigenvalue weighted by Crippen LogP contribution is 2.56. The molecule has 3 fully saturated rings. The van der Waals surface area contributed by atoms with E-state index in [4.69, 9.17) is 9.47 Å². The van der Waals surface area contributed by atoms with Crippen molar-refractivity contribution in [1.29, 1.82) is 0 Å². The molecule has 0 aromatic rings. The van der Waals surface area contributed by atoms with E-state index in [1.165, 1.54) is 6.92 Å². The molecule has 0 unspecified atom stereocenters. The predicted octanol–water partition coefficient (Wildman–Crippen LogP) is 2.98. The molecule has 0 aromatic carbocycles. The Kier molecular flexibility index (Phi) is 6.74. The smallest absolute Gasteiger partial charge is 0.306 e. The van der Waals surface area contributed by atoms with E-state index in [1.807, 2.05) is 13.8 Å². The van der Waals surface area contributed by atoms with Crippen LogP contribution in [-0.2, 0) is 14.3 Å². The Hall–Kier alpha value is -0.950. The minimum absolute atomic E-state index is 0.0383. The predicted molar refractivity (Wildman–Crippen MR) is 114 cm³/mol. The van der Waals surface area contributed by atoms with Crippen LogP contribution in [0.4, 0.5) is 0 Å². The van der Waals surface area contributed by atoms with Crippen LogP contribution in [0.15, 0.2) is 12.2 Å². The number of aliphatic hydroxyl groups excluding tert-OH is 2. The van der Waals surface area contributed by atoms with Crippen LogP contribution in [0.5, 0.6) is 0 Å². The van der Waals surface area contributed by atoms with Gasteiger partial charge in [-0.3, -0.25) is 4.79 Å². The number of hydrogen-bond donors (Lipinski definition) is 3. The summed E-state index contributed by atoms with van der Waals surface area (Å²) in [4.78, 5) is 12.5. The van der Waals surface area contributed by atoms with Gasteiger partial charge in [-0.1, -0.05) is 32.9 Å². The Labute approximate surface area is 180 Å². The molecule has 3 N–H and O–H groups in total. The molecule has 2 aliphatic heterocycles. The Bertz CT molecular complexity index is 658. The fourth-order valence-corrected chi connectivity index (χ4v) is 6.07. The number of ether oxygens (including phenoxy) is 2. The molecule has 9 atom stereocenters. The summed E-state index contributed by atoms with van der Waals surface area (Å²) in [5, 5.41) is 32.9. The molecule has 3 aliphatic rings. The first-order valence-electron chi connectivity index (χ1n) is 11.6. The first-order chi connectivity index (χ1) is 13.9. The van der Waals surface area contributed by atoms with E-state index in [0.717, 1.165) is 18.4 Å². The van der Waals surface area contributed by atoms with E-state index in [0.29, 0.717) is 31.1 Å². The fourth-order valence-electron chi connectivity index (χ4n) is 6.07. The lowest BCUT2D eigenvalue weighted by Gasteiger charge is -2.46. The zero-order valence-electron chi connectivity index (χ0n) is 19.1. The minimum atomic E-state index is -1.73. The van der Waals surface area contributed by atoms with Gasteiger partial charge in [0.2, 0.25) is 0 Å². The van der Waals surface area contributed by atoms with Crippen LogP contribution in [-0.4, -0.2) is 56.9 Å². The summed E-state index contributed by atoms with van der Waals surface area (Å²) in [5.74, 6) is 0.349. The Morgan fingerprint density at radius 2 is 1.97 bits per heavy atom. The van der Waals surface area contributed by atoms with Gasteiger partial charge in [0, 0.05) is 18.3 Å². The molecule has 2 saturated heterocycles. The largest absolute Gasteiger partial charge is 0.457 e. The summed E-state index contributed by atoms with van der Waals surface area (Å²) in [7, 11) is 0. The number of esters is 1. The molecule has 0 amide bonds. The van der Waals surface area contributed by atoms with Crippen molar-refractivity contribution in [3.63, 3.8) is 0 Å². The van der Waals surface area contributed by atoms with Crippen LogP contribution >= 0.6 is 0 Å². The van der Waals surface area contributed by atoms with Crippen molar-refractivity contribution in [2.24, 2.45) is 23.7 Å². The molecule has 3 rings (SSSR count). The van der Waals surface area contributed by atoms with Gasteiger partial charge >= 0.3 is 5.97 Å². The molecule has 1 aliphatic carbocycles. The van der Waals surface area contributed by atoms with Gasteiger partial charge in [0.25, 0.3) is 0 Å². The number of rotatable bonds is 4. The second-order valence-electron chi connectivity index (χ2n) is 10.5. The molecule has 6 nitrogen and oxygen atoms in total. The zero-order chi connectivity index (χ0) is 22.4. The Morgan fingerprint density at radius 3 is 2.57 bits per heavy atom. The zero-order valence-corrected chi connectivity index (χ0v) is 19.1. The molecular formula is C24H40O6. The van der Waals surface area contributed by atoms with E-state index in [2.05, 4.69) is 20.4 Å². The van der Waals surface area contributed by atoms with E-state index in [1.54, 1.807) is 0 Å². The Balaban J connectivity index is 2.09. The van der Waals surface area contributed by atoms with Gasteiger partial charge in [-0.05, 0) is 57.8 Å². The lowest BCUT2D eigenvalue weighted by atomic mass is 9.60. The lowest BCUT2D eigenvalue weighted by molar-refractivity contribution is -0.191. The third kappa shape index (κ3) is 3.96. The summed E-state index contributed by atoms with van der Waals surface area (Å²) in [6.07, 6.45) is -0.133. The molecular weight excluding hydrogens is 384 g/mol. The second kappa shape index (κ2) is 8.53. The summed E-state index contributed by atoms with van der Waals surface area (Å²) < 4.78 is 12.5. The van der Waals surface area contributed by atoms with Crippen LogP contribution in [0, 0.1) is 23.7 Å². The molecule has 0 spiro atoms. The van der Waals surface area contributed by atoms with Crippen LogP contribution in [0.3, 0.4) is 0 Å². The minimum Gasteiger partial charge on any atom is -0.457 e. The first-order valence-corrected chi connectivity index (χ1v) is 11.6. The second-order valence-corrected chi connectivity index (χ2v) is 10.5. The maximum Gasteiger partial charge on any atom is 0.306 e. The summed E-state index contributed by atoms with van der Waals surface area (Å²) in [5.41, 5.74) is -1.67. The van der Waals surface area contributed by atoms with Gasteiger partial charge in [0.15, 0.2) is 0 Å². The summed E-state index contributed by atoms with van der Waals surface area (Å²) in [6.45, 7) is 14.0. The van der Waals surface area contributed by atoms with Gasteiger partial charge in [-0.25, -0.2) is 0 Å². The van der Waals surface area contributed by atoms with Crippen LogP contribution < -0.4 is 0 Å². The average Bonchev–Trinajstić information content (AvgIpc) is 3.07. The quantitative estimate of drug-likeness (QED) is 0.474. The van der Waals surface area contributed by atoms with Gasteiger partial charge in [0.1, 0.15) is 23.4 Å². The van der Waals surface area contributed by atoms with Crippen molar-refractivity contribution >= 4 is 5.97 Å². The molecule has 2 bridgehead atoms. The SMILES string of the molecule is C=C1CC[C@H](C(C)C)[C@@H]2[C@H]1[C@H]1O[C@@H]2[C@](C)(OC(=O)CCC)CC[C@H](O)[C@@](C)(O)[C@H]1O. The first kappa shape index (κ1) is 23.7. The molecule has 2 heterocycles. The highest BCUT2D eigenvalue weighted by atomic mass is 16.6. The molecule has 172 valence electrons.